The van der Waals surface area contributed by atoms with Crippen molar-refractivity contribution < 1.29 is 4.39 Å². The second kappa shape index (κ2) is 5.13. The van der Waals surface area contributed by atoms with E-state index in [1.165, 1.54) is 0 Å². The number of aromatic nitrogens is 2. The van der Waals surface area contributed by atoms with Crippen LogP contribution in [0, 0.1) is 5.82 Å². The molecular formula is C15H13FN4. The average Bonchev–Trinajstić information content (AvgIpc) is 2.49. The van der Waals surface area contributed by atoms with Crippen LogP contribution < -0.4 is 10.6 Å². The van der Waals surface area contributed by atoms with Gasteiger partial charge in [-0.3, -0.25) is 0 Å². The number of nitrogens with zero attached hydrogens (tertiary/aromatic N) is 2. The lowest BCUT2D eigenvalue weighted by Crippen LogP contribution is -2.02. The number of hydrogen-bond donors (Lipinski definition) is 2. The Labute approximate surface area is 115 Å². The minimum absolute atomic E-state index is 0.152. The van der Waals surface area contributed by atoms with Gasteiger partial charge in [-0.15, -0.1) is 0 Å². The summed E-state index contributed by atoms with van der Waals surface area (Å²) in [5.74, 6) is 0.0338. The molecule has 0 bridgehead atoms. The van der Waals surface area contributed by atoms with Crippen molar-refractivity contribution in [2.24, 2.45) is 0 Å². The third-order valence-corrected chi connectivity index (χ3v) is 2.98. The van der Waals surface area contributed by atoms with Crippen molar-refractivity contribution >= 4 is 28.2 Å². The average molecular weight is 268 g/mol. The van der Waals surface area contributed by atoms with Gasteiger partial charge in [0, 0.05) is 12.7 Å². The van der Waals surface area contributed by atoms with Crippen LogP contribution in [0.2, 0.25) is 0 Å². The van der Waals surface area contributed by atoms with Crippen molar-refractivity contribution in [2.75, 3.05) is 17.7 Å². The first-order chi connectivity index (χ1) is 9.76. The number of benzene rings is 2. The first-order valence-corrected chi connectivity index (χ1v) is 6.22. The molecule has 0 aliphatic rings. The highest BCUT2D eigenvalue weighted by Gasteiger charge is 2.06. The van der Waals surface area contributed by atoms with E-state index in [1.807, 2.05) is 42.5 Å². The second-order valence-corrected chi connectivity index (χ2v) is 4.33. The fourth-order valence-electron chi connectivity index (χ4n) is 1.98. The number of halogens is 1. The molecule has 2 aromatic carbocycles. The summed E-state index contributed by atoms with van der Waals surface area (Å²) >= 11 is 0. The summed E-state index contributed by atoms with van der Waals surface area (Å²) in [6, 6.07) is 13.8. The Morgan fingerprint density at radius 1 is 1.05 bits per heavy atom. The molecule has 4 nitrogen and oxygen atoms in total. The monoisotopic (exact) mass is 268 g/mol. The van der Waals surface area contributed by atoms with Gasteiger partial charge < -0.3 is 10.6 Å². The minimum atomic E-state index is -0.489. The molecule has 0 spiro atoms. The zero-order chi connectivity index (χ0) is 13.9. The first kappa shape index (κ1) is 12.3. The van der Waals surface area contributed by atoms with Gasteiger partial charge in [0.1, 0.15) is 0 Å². The smallest absolute Gasteiger partial charge is 0.224 e. The Kier molecular flexibility index (Phi) is 3.16. The predicted octanol–water partition coefficient (Wildman–Crippen LogP) is 3.55. The van der Waals surface area contributed by atoms with Crippen LogP contribution in [-0.4, -0.2) is 17.0 Å². The Balaban J connectivity index is 1.96. The van der Waals surface area contributed by atoms with Crippen molar-refractivity contribution in [3.05, 3.63) is 54.5 Å². The van der Waals surface area contributed by atoms with E-state index < -0.39 is 5.82 Å². The highest BCUT2D eigenvalue weighted by molar-refractivity contribution is 5.86. The van der Waals surface area contributed by atoms with E-state index in [1.54, 1.807) is 7.05 Å². The molecule has 5 heteroatoms. The van der Waals surface area contributed by atoms with E-state index in [0.29, 0.717) is 5.95 Å². The highest BCUT2D eigenvalue weighted by Crippen LogP contribution is 2.23. The summed E-state index contributed by atoms with van der Waals surface area (Å²) in [7, 11) is 1.69. The molecule has 20 heavy (non-hydrogen) atoms. The number of fused-ring (bicyclic) bond motifs is 1. The lowest BCUT2D eigenvalue weighted by Gasteiger charge is -2.08. The van der Waals surface area contributed by atoms with Crippen LogP contribution in [0.5, 0.6) is 0 Å². The van der Waals surface area contributed by atoms with Gasteiger partial charge >= 0.3 is 0 Å². The molecule has 3 aromatic rings. The van der Waals surface area contributed by atoms with Crippen molar-refractivity contribution in [1.29, 1.82) is 0 Å². The zero-order valence-electron chi connectivity index (χ0n) is 10.9. The lowest BCUT2D eigenvalue weighted by molar-refractivity contribution is 0.619. The van der Waals surface area contributed by atoms with E-state index in [2.05, 4.69) is 20.6 Å². The first-order valence-electron chi connectivity index (χ1n) is 6.22. The fourth-order valence-corrected chi connectivity index (χ4v) is 1.98. The topological polar surface area (TPSA) is 49.8 Å². The van der Waals surface area contributed by atoms with Crippen LogP contribution in [0.15, 0.2) is 48.7 Å². The van der Waals surface area contributed by atoms with Crippen LogP contribution >= 0.6 is 0 Å². The quantitative estimate of drug-likeness (QED) is 0.762. The summed E-state index contributed by atoms with van der Waals surface area (Å²) in [5, 5.41) is 7.97. The van der Waals surface area contributed by atoms with E-state index in [0.717, 1.165) is 22.7 Å². The molecule has 3 rings (SSSR count). The normalized spacial score (nSPS) is 10.5. The van der Waals surface area contributed by atoms with E-state index >= 15 is 0 Å². The Hall–Kier alpha value is -2.69. The fraction of sp³-hybridized carbons (Fsp3) is 0.0667. The molecule has 0 amide bonds. The SMILES string of the molecule is CNc1ncc(F)c(Nc2ccc3ccccc3c2)n1. The van der Waals surface area contributed by atoms with Crippen LogP contribution in [-0.2, 0) is 0 Å². The third kappa shape index (κ3) is 2.38. The molecule has 0 fully saturated rings. The maximum atomic E-state index is 13.7. The molecule has 100 valence electrons. The van der Waals surface area contributed by atoms with Crippen LogP contribution in [0.25, 0.3) is 10.8 Å². The Bertz CT molecular complexity index is 758. The van der Waals surface area contributed by atoms with Crippen molar-refractivity contribution in [2.45, 2.75) is 0 Å². The van der Waals surface area contributed by atoms with Gasteiger partial charge in [0.25, 0.3) is 0 Å². The standard InChI is InChI=1S/C15H13FN4/c1-17-15-18-9-13(16)14(20-15)19-12-7-6-10-4-2-3-5-11(10)8-12/h2-9H,1H3,(H2,17,18,19,20). The number of nitrogens with one attached hydrogen (secondary N) is 2. The molecule has 0 atom stereocenters. The van der Waals surface area contributed by atoms with Crippen molar-refractivity contribution in [3.63, 3.8) is 0 Å². The summed E-state index contributed by atoms with van der Waals surface area (Å²) in [4.78, 5) is 7.87. The van der Waals surface area contributed by atoms with E-state index in [9.17, 15) is 4.39 Å². The van der Waals surface area contributed by atoms with Crippen molar-refractivity contribution in [3.8, 4) is 0 Å². The molecular weight excluding hydrogens is 255 g/mol. The number of anilines is 3. The van der Waals surface area contributed by atoms with Crippen molar-refractivity contribution in [1.82, 2.24) is 9.97 Å². The highest BCUT2D eigenvalue weighted by atomic mass is 19.1. The maximum Gasteiger partial charge on any atom is 0.224 e. The summed E-state index contributed by atoms with van der Waals surface area (Å²) < 4.78 is 13.7. The van der Waals surface area contributed by atoms with Gasteiger partial charge in [0.15, 0.2) is 11.6 Å². The van der Waals surface area contributed by atoms with E-state index in [-0.39, 0.29) is 5.82 Å². The lowest BCUT2D eigenvalue weighted by atomic mass is 10.1. The minimum Gasteiger partial charge on any atom is -0.357 e. The molecule has 0 radical (unpaired) electrons. The molecule has 0 aliphatic heterocycles. The Morgan fingerprint density at radius 3 is 2.65 bits per heavy atom. The number of hydrogen-bond acceptors (Lipinski definition) is 4. The molecule has 0 aliphatic carbocycles. The zero-order valence-corrected chi connectivity index (χ0v) is 10.9. The van der Waals surface area contributed by atoms with Crippen LogP contribution in [0.1, 0.15) is 0 Å². The van der Waals surface area contributed by atoms with Gasteiger partial charge in [-0.1, -0.05) is 30.3 Å². The summed E-state index contributed by atoms with van der Waals surface area (Å²) in [6.45, 7) is 0. The van der Waals surface area contributed by atoms with Gasteiger partial charge in [0.05, 0.1) is 6.20 Å². The maximum absolute atomic E-state index is 13.7. The van der Waals surface area contributed by atoms with Gasteiger partial charge in [-0.25, -0.2) is 9.37 Å². The summed E-state index contributed by atoms with van der Waals surface area (Å²) in [6.07, 6.45) is 1.14. The molecule has 0 saturated heterocycles. The van der Waals surface area contributed by atoms with Gasteiger partial charge in [-0.2, -0.15) is 4.98 Å². The largest absolute Gasteiger partial charge is 0.357 e. The van der Waals surface area contributed by atoms with Gasteiger partial charge in [-0.05, 0) is 22.9 Å². The van der Waals surface area contributed by atoms with Crippen LogP contribution in [0.3, 0.4) is 0 Å². The predicted molar refractivity (Wildman–Crippen MR) is 78.8 cm³/mol. The molecule has 0 saturated carbocycles. The second-order valence-electron chi connectivity index (χ2n) is 4.33. The van der Waals surface area contributed by atoms with E-state index in [4.69, 9.17) is 0 Å². The Morgan fingerprint density at radius 2 is 1.85 bits per heavy atom. The molecule has 2 N–H and O–H groups in total. The van der Waals surface area contributed by atoms with Gasteiger partial charge in [0.2, 0.25) is 5.95 Å². The summed E-state index contributed by atoms with van der Waals surface area (Å²) in [5.41, 5.74) is 0.781. The third-order valence-electron chi connectivity index (χ3n) is 2.98. The molecule has 0 unspecified atom stereocenters. The number of rotatable bonds is 3. The molecule has 1 aromatic heterocycles. The van der Waals surface area contributed by atoms with Crippen LogP contribution in [0.4, 0.5) is 21.8 Å². The molecule has 1 heterocycles.